The molecule has 6 nitrogen and oxygen atoms in total. The fourth-order valence-electron chi connectivity index (χ4n) is 1.65. The Hall–Kier alpha value is -2.89. The highest BCUT2D eigenvalue weighted by Gasteiger charge is 2.07. The number of amides is 2. The van der Waals surface area contributed by atoms with Gasteiger partial charge in [0.05, 0.1) is 5.56 Å². The maximum Gasteiger partial charge on any atom is 0.270 e. The molecule has 102 valence electrons. The standard InChI is InChI=1S/C14H14N4O2/c15-12-6-5-11(8-17-12)14(20)18-7-9-1-3-10(4-2-9)13(16)19/h1-6,8H,7H2,(H2,15,17)(H2,16,19)(H,18,20)/p+1. The molecule has 6 heteroatoms. The molecule has 0 spiro atoms. The highest BCUT2D eigenvalue weighted by atomic mass is 16.2. The lowest BCUT2D eigenvalue weighted by atomic mass is 10.1. The van der Waals surface area contributed by atoms with Crippen LogP contribution in [0.2, 0.25) is 0 Å². The Morgan fingerprint density at radius 3 is 2.25 bits per heavy atom. The molecule has 1 aromatic carbocycles. The maximum atomic E-state index is 11.9. The van der Waals surface area contributed by atoms with Crippen molar-refractivity contribution >= 4 is 17.6 Å². The molecule has 0 aliphatic rings. The number of nitrogen functional groups attached to an aromatic ring is 1. The molecule has 2 rings (SSSR count). The summed E-state index contributed by atoms with van der Waals surface area (Å²) in [7, 11) is 0. The third-order valence-electron chi connectivity index (χ3n) is 2.79. The van der Waals surface area contributed by atoms with Crippen molar-refractivity contribution in [1.29, 1.82) is 0 Å². The number of pyridine rings is 1. The first-order valence-corrected chi connectivity index (χ1v) is 6.00. The summed E-state index contributed by atoms with van der Waals surface area (Å²) in [5.74, 6) is -0.193. The van der Waals surface area contributed by atoms with Crippen LogP contribution in [0.25, 0.3) is 0 Å². The molecule has 20 heavy (non-hydrogen) atoms. The minimum atomic E-state index is -0.474. The molecule has 1 heterocycles. The van der Waals surface area contributed by atoms with Crippen molar-refractivity contribution in [2.75, 3.05) is 5.73 Å². The van der Waals surface area contributed by atoms with Gasteiger partial charge in [0.2, 0.25) is 5.91 Å². The summed E-state index contributed by atoms with van der Waals surface area (Å²) in [6, 6.07) is 10.0. The first kappa shape index (κ1) is 13.5. The molecule has 0 aliphatic carbocycles. The van der Waals surface area contributed by atoms with Gasteiger partial charge in [0.1, 0.15) is 6.20 Å². The SMILES string of the molecule is NC(=O)c1ccc(CNC(=O)c2ccc(N)[nH+]c2)cc1. The van der Waals surface area contributed by atoms with Crippen molar-refractivity contribution in [3.05, 3.63) is 59.3 Å². The van der Waals surface area contributed by atoms with E-state index in [-0.39, 0.29) is 5.91 Å². The van der Waals surface area contributed by atoms with Gasteiger partial charge in [0, 0.05) is 18.2 Å². The molecule has 2 amide bonds. The predicted octanol–water partition coefficient (Wildman–Crippen LogP) is 0.112. The lowest BCUT2D eigenvalue weighted by Crippen LogP contribution is -2.24. The number of carbonyl (C=O) groups excluding carboxylic acids is 2. The van der Waals surface area contributed by atoms with Crippen LogP contribution in [-0.4, -0.2) is 11.8 Å². The molecule has 6 N–H and O–H groups in total. The largest absolute Gasteiger partial charge is 0.366 e. The number of aromatic amines is 1. The molecule has 0 atom stereocenters. The van der Waals surface area contributed by atoms with E-state index in [4.69, 9.17) is 11.5 Å². The average molecular weight is 271 g/mol. The van der Waals surface area contributed by atoms with Crippen LogP contribution in [0.1, 0.15) is 26.3 Å². The Labute approximate surface area is 115 Å². The third-order valence-corrected chi connectivity index (χ3v) is 2.79. The van der Waals surface area contributed by atoms with Crippen LogP contribution >= 0.6 is 0 Å². The minimum absolute atomic E-state index is 0.208. The number of hydrogen-bond donors (Lipinski definition) is 3. The quantitative estimate of drug-likeness (QED) is 0.733. The van der Waals surface area contributed by atoms with Gasteiger partial charge in [0.15, 0.2) is 0 Å². The fraction of sp³-hybridized carbons (Fsp3) is 0.0714. The van der Waals surface area contributed by atoms with E-state index in [9.17, 15) is 9.59 Å². The zero-order chi connectivity index (χ0) is 14.5. The van der Waals surface area contributed by atoms with E-state index in [0.29, 0.717) is 23.5 Å². The molecule has 0 aliphatic heterocycles. The van der Waals surface area contributed by atoms with Gasteiger partial charge in [-0.3, -0.25) is 15.3 Å². The van der Waals surface area contributed by atoms with Crippen molar-refractivity contribution in [3.8, 4) is 0 Å². The number of nitrogens with one attached hydrogen (secondary N) is 2. The van der Waals surface area contributed by atoms with Crippen LogP contribution in [0, 0.1) is 0 Å². The summed E-state index contributed by atoms with van der Waals surface area (Å²) < 4.78 is 0. The van der Waals surface area contributed by atoms with E-state index < -0.39 is 5.91 Å². The number of hydrogen-bond acceptors (Lipinski definition) is 3. The molecule has 0 saturated heterocycles. The summed E-state index contributed by atoms with van der Waals surface area (Å²) in [5.41, 5.74) is 12.5. The highest BCUT2D eigenvalue weighted by molar-refractivity contribution is 5.94. The van der Waals surface area contributed by atoms with Gasteiger partial charge in [-0.2, -0.15) is 0 Å². The lowest BCUT2D eigenvalue weighted by molar-refractivity contribution is -0.360. The van der Waals surface area contributed by atoms with Gasteiger partial charge in [-0.05, 0) is 23.8 Å². The molecular formula is C14H15N4O2+. The number of benzene rings is 1. The van der Waals surface area contributed by atoms with E-state index >= 15 is 0 Å². The van der Waals surface area contributed by atoms with Crippen LogP contribution < -0.4 is 21.8 Å². The van der Waals surface area contributed by atoms with Crippen LogP contribution in [0.4, 0.5) is 5.82 Å². The predicted molar refractivity (Wildman–Crippen MR) is 73.5 cm³/mol. The second-order valence-electron chi connectivity index (χ2n) is 4.28. The van der Waals surface area contributed by atoms with Crippen molar-refractivity contribution in [2.45, 2.75) is 6.54 Å². The number of anilines is 1. The lowest BCUT2D eigenvalue weighted by Gasteiger charge is -2.05. The Kier molecular flexibility index (Phi) is 3.95. The number of primary amides is 1. The first-order valence-electron chi connectivity index (χ1n) is 6.00. The van der Waals surface area contributed by atoms with Gasteiger partial charge in [-0.25, -0.2) is 4.98 Å². The fourth-order valence-corrected chi connectivity index (χ4v) is 1.65. The molecule has 0 unspecified atom stereocenters. The Morgan fingerprint density at radius 1 is 1.05 bits per heavy atom. The summed E-state index contributed by atoms with van der Waals surface area (Å²) in [6.45, 7) is 0.363. The van der Waals surface area contributed by atoms with Crippen molar-refractivity contribution < 1.29 is 14.6 Å². The van der Waals surface area contributed by atoms with Crippen molar-refractivity contribution in [2.24, 2.45) is 5.73 Å². The molecule has 0 fully saturated rings. The van der Waals surface area contributed by atoms with Crippen LogP contribution in [0.3, 0.4) is 0 Å². The molecule has 2 aromatic rings. The normalized spacial score (nSPS) is 10.0. The molecule has 0 saturated carbocycles. The van der Waals surface area contributed by atoms with E-state index in [1.54, 1.807) is 42.6 Å². The monoisotopic (exact) mass is 271 g/mol. The van der Waals surface area contributed by atoms with Gasteiger partial charge in [-0.1, -0.05) is 12.1 Å². The van der Waals surface area contributed by atoms with Gasteiger partial charge >= 0.3 is 0 Å². The number of carbonyl (C=O) groups is 2. The van der Waals surface area contributed by atoms with E-state index in [0.717, 1.165) is 5.56 Å². The van der Waals surface area contributed by atoms with Crippen molar-refractivity contribution in [3.63, 3.8) is 0 Å². The zero-order valence-electron chi connectivity index (χ0n) is 10.7. The molecule has 0 radical (unpaired) electrons. The van der Waals surface area contributed by atoms with Gasteiger partial charge in [-0.15, -0.1) is 0 Å². The Morgan fingerprint density at radius 2 is 1.70 bits per heavy atom. The number of aromatic nitrogens is 1. The number of nitrogens with two attached hydrogens (primary N) is 2. The first-order chi connectivity index (χ1) is 9.56. The van der Waals surface area contributed by atoms with Crippen LogP contribution in [-0.2, 0) is 6.54 Å². The third kappa shape index (κ3) is 3.32. The second-order valence-corrected chi connectivity index (χ2v) is 4.28. The Balaban J connectivity index is 1.96. The number of H-pyrrole nitrogens is 1. The summed E-state index contributed by atoms with van der Waals surface area (Å²) in [4.78, 5) is 25.6. The van der Waals surface area contributed by atoms with Gasteiger partial charge in [0.25, 0.3) is 11.7 Å². The minimum Gasteiger partial charge on any atom is -0.366 e. The smallest absolute Gasteiger partial charge is 0.270 e. The van der Waals surface area contributed by atoms with Crippen LogP contribution in [0.5, 0.6) is 0 Å². The highest BCUT2D eigenvalue weighted by Crippen LogP contribution is 2.04. The summed E-state index contributed by atoms with van der Waals surface area (Å²) >= 11 is 0. The van der Waals surface area contributed by atoms with E-state index in [1.807, 2.05) is 0 Å². The summed E-state index contributed by atoms with van der Waals surface area (Å²) in [5, 5.41) is 2.77. The van der Waals surface area contributed by atoms with Crippen LogP contribution in [0.15, 0.2) is 42.6 Å². The average Bonchev–Trinajstić information content (AvgIpc) is 2.46. The zero-order valence-corrected chi connectivity index (χ0v) is 10.7. The summed E-state index contributed by atoms with van der Waals surface area (Å²) in [6.07, 6.45) is 1.54. The van der Waals surface area contributed by atoms with E-state index in [1.165, 1.54) is 0 Å². The van der Waals surface area contributed by atoms with E-state index in [2.05, 4.69) is 10.3 Å². The molecule has 1 aromatic heterocycles. The number of rotatable bonds is 4. The second kappa shape index (κ2) is 5.83. The topological polar surface area (TPSA) is 112 Å². The maximum absolute atomic E-state index is 11.9. The molecular weight excluding hydrogens is 256 g/mol. The Bertz CT molecular complexity index is 621. The van der Waals surface area contributed by atoms with Crippen molar-refractivity contribution in [1.82, 2.24) is 5.32 Å². The molecule has 0 bridgehead atoms. The van der Waals surface area contributed by atoms with Gasteiger partial charge < -0.3 is 11.1 Å².